The van der Waals surface area contributed by atoms with Crippen LogP contribution in [0.2, 0.25) is 0 Å². The first kappa shape index (κ1) is 26.6. The molecule has 4 heterocycles. The second-order valence-electron chi connectivity index (χ2n) is 9.50. The summed E-state index contributed by atoms with van der Waals surface area (Å²) in [6.07, 6.45) is 7.74. The number of nitrogens with zero attached hydrogens (tertiary/aromatic N) is 4. The molecular weight excluding hydrogens is 535 g/mol. The largest absolute Gasteiger partial charge is 0.351 e. The summed E-state index contributed by atoms with van der Waals surface area (Å²) in [6.45, 7) is 2.09. The van der Waals surface area contributed by atoms with Crippen molar-refractivity contribution in [2.24, 2.45) is 5.92 Å². The van der Waals surface area contributed by atoms with E-state index in [1.54, 1.807) is 34.0 Å². The number of rotatable bonds is 10. The second-order valence-corrected chi connectivity index (χ2v) is 13.7. The Bertz CT molecular complexity index is 1610. The lowest BCUT2D eigenvalue weighted by Crippen LogP contribution is -2.32. The van der Waals surface area contributed by atoms with Crippen LogP contribution in [0.4, 0.5) is 5.69 Å². The van der Waals surface area contributed by atoms with Gasteiger partial charge in [-0.25, -0.2) is 13.4 Å². The number of thiazole rings is 1. The summed E-state index contributed by atoms with van der Waals surface area (Å²) in [5.74, 6) is 0.407. The molecule has 1 saturated carbocycles. The molecule has 0 unspecified atom stereocenters. The topological polar surface area (TPSA) is 82.2 Å². The number of nitrogens with one attached hydrogen (secondary N) is 1. The third-order valence-corrected chi connectivity index (χ3v) is 10.6. The number of aromatic amines is 1. The highest BCUT2D eigenvalue weighted by Gasteiger charge is 2.33. The van der Waals surface area contributed by atoms with E-state index in [-0.39, 0.29) is 7.43 Å². The maximum Gasteiger partial charge on any atom is 0.273 e. The monoisotopic (exact) mass is 565 g/mol. The summed E-state index contributed by atoms with van der Waals surface area (Å²) in [5, 5.41) is 3.67. The number of fused-ring (bicyclic) bond motifs is 1. The third kappa shape index (κ3) is 5.54. The number of aromatic nitrogens is 3. The molecule has 5 aromatic rings. The molecule has 0 atom stereocenters. The Morgan fingerprint density at radius 1 is 1.08 bits per heavy atom. The van der Waals surface area contributed by atoms with Gasteiger partial charge in [0.05, 0.1) is 16.9 Å². The van der Waals surface area contributed by atoms with Crippen molar-refractivity contribution in [3.8, 4) is 10.7 Å². The Balaban J connectivity index is 0.00000294. The zero-order valence-electron chi connectivity index (χ0n) is 20.4. The maximum atomic E-state index is 13.6. The average molecular weight is 566 g/mol. The molecule has 4 aromatic heterocycles. The van der Waals surface area contributed by atoms with Crippen LogP contribution in [0.15, 0.2) is 76.7 Å². The summed E-state index contributed by atoms with van der Waals surface area (Å²) in [7, 11) is -1.55. The number of pyridine rings is 1. The number of thiophene rings is 1. The van der Waals surface area contributed by atoms with Crippen LogP contribution in [-0.2, 0) is 23.1 Å². The predicted octanol–water partition coefficient (Wildman–Crippen LogP) is 6.62. The van der Waals surface area contributed by atoms with Crippen LogP contribution in [0.25, 0.3) is 21.6 Å². The van der Waals surface area contributed by atoms with Gasteiger partial charge in [-0.05, 0) is 61.0 Å². The van der Waals surface area contributed by atoms with Crippen LogP contribution >= 0.6 is 22.7 Å². The molecule has 0 radical (unpaired) electrons. The molecule has 7 nitrogen and oxygen atoms in total. The average Bonchev–Trinajstić information content (AvgIpc) is 3.28. The van der Waals surface area contributed by atoms with Crippen molar-refractivity contribution < 1.29 is 8.42 Å². The van der Waals surface area contributed by atoms with Crippen LogP contribution < -0.4 is 4.31 Å². The lowest BCUT2D eigenvalue weighted by atomic mass is 10.2. The predicted molar refractivity (Wildman–Crippen MR) is 157 cm³/mol. The van der Waals surface area contributed by atoms with E-state index >= 15 is 0 Å². The molecule has 0 aliphatic heterocycles. The van der Waals surface area contributed by atoms with Crippen molar-refractivity contribution in [1.29, 1.82) is 0 Å². The van der Waals surface area contributed by atoms with Crippen LogP contribution in [-0.4, -0.2) is 41.9 Å². The zero-order chi connectivity index (χ0) is 25.4. The van der Waals surface area contributed by atoms with E-state index in [0.717, 1.165) is 52.4 Å². The van der Waals surface area contributed by atoms with E-state index in [1.807, 2.05) is 42.0 Å². The lowest BCUT2D eigenvalue weighted by Gasteiger charge is -2.24. The van der Waals surface area contributed by atoms with Crippen LogP contribution in [0.3, 0.4) is 0 Å². The summed E-state index contributed by atoms with van der Waals surface area (Å²) in [5.41, 5.74) is 3.58. The lowest BCUT2D eigenvalue weighted by molar-refractivity contribution is 0.321. The van der Waals surface area contributed by atoms with Gasteiger partial charge in [0.2, 0.25) is 0 Å². The van der Waals surface area contributed by atoms with E-state index in [9.17, 15) is 8.42 Å². The third-order valence-electron chi connectivity index (χ3n) is 6.45. The zero-order valence-corrected chi connectivity index (χ0v) is 22.8. The number of para-hydroxylation sites is 1. The van der Waals surface area contributed by atoms with Gasteiger partial charge in [0.15, 0.2) is 0 Å². The molecular formula is C28H31N5O2S3. The van der Waals surface area contributed by atoms with Gasteiger partial charge in [-0.15, -0.1) is 22.7 Å². The number of benzene rings is 1. The van der Waals surface area contributed by atoms with Crippen LogP contribution in [0.5, 0.6) is 0 Å². The Labute approximate surface area is 231 Å². The molecule has 0 spiro atoms. The van der Waals surface area contributed by atoms with E-state index in [1.165, 1.54) is 16.9 Å². The van der Waals surface area contributed by atoms with Crippen molar-refractivity contribution in [3.05, 3.63) is 82.9 Å². The van der Waals surface area contributed by atoms with E-state index in [0.29, 0.717) is 22.4 Å². The fraction of sp³-hybridized carbons (Fsp3) is 0.286. The van der Waals surface area contributed by atoms with Gasteiger partial charge in [-0.2, -0.15) is 0 Å². The van der Waals surface area contributed by atoms with Crippen molar-refractivity contribution in [1.82, 2.24) is 19.9 Å². The molecule has 1 aliphatic rings. The normalized spacial score (nSPS) is 13.6. The quantitative estimate of drug-likeness (QED) is 0.206. The van der Waals surface area contributed by atoms with E-state index in [4.69, 9.17) is 0 Å². The van der Waals surface area contributed by atoms with Crippen molar-refractivity contribution in [3.63, 3.8) is 0 Å². The molecule has 0 bridgehead atoms. The number of hydrogen-bond donors (Lipinski definition) is 1. The molecule has 198 valence electrons. The molecule has 1 aromatic carbocycles. The molecule has 1 fully saturated rings. The highest BCUT2D eigenvalue weighted by molar-refractivity contribution is 7.94. The Morgan fingerprint density at radius 3 is 2.68 bits per heavy atom. The molecule has 1 aliphatic carbocycles. The highest BCUT2D eigenvalue weighted by atomic mass is 32.2. The Kier molecular flexibility index (Phi) is 7.67. The van der Waals surface area contributed by atoms with Gasteiger partial charge in [0.25, 0.3) is 10.0 Å². The van der Waals surface area contributed by atoms with Crippen molar-refractivity contribution in [2.45, 2.75) is 37.6 Å². The smallest absolute Gasteiger partial charge is 0.273 e. The SMILES string of the molecule is C.CN(Cc1cccnc1)Cc1cnc(-c2cc3cccc(N(CC4CC4)S(=O)(=O)c4cccs4)c3[nH]2)s1. The number of sulfonamides is 1. The first-order chi connectivity index (χ1) is 18.0. The van der Waals surface area contributed by atoms with Gasteiger partial charge in [-0.3, -0.25) is 14.2 Å². The van der Waals surface area contributed by atoms with Gasteiger partial charge in [-0.1, -0.05) is 31.7 Å². The van der Waals surface area contributed by atoms with Crippen molar-refractivity contribution in [2.75, 3.05) is 17.9 Å². The molecule has 6 rings (SSSR count). The van der Waals surface area contributed by atoms with E-state index < -0.39 is 10.0 Å². The molecule has 1 N–H and O–H groups in total. The second kappa shape index (κ2) is 11.0. The molecule has 38 heavy (non-hydrogen) atoms. The van der Waals surface area contributed by atoms with Gasteiger partial charge < -0.3 is 4.98 Å². The molecule has 0 saturated heterocycles. The summed E-state index contributed by atoms with van der Waals surface area (Å²) < 4.78 is 29.2. The van der Waals surface area contributed by atoms with Crippen LogP contribution in [0.1, 0.15) is 30.7 Å². The maximum absolute atomic E-state index is 13.6. The fourth-order valence-corrected chi connectivity index (χ4v) is 8.09. The minimum Gasteiger partial charge on any atom is -0.351 e. The first-order valence-corrected chi connectivity index (χ1v) is 15.3. The fourth-order valence-electron chi connectivity index (χ4n) is 4.47. The minimum atomic E-state index is -3.64. The number of anilines is 1. The van der Waals surface area contributed by atoms with Crippen molar-refractivity contribution >= 4 is 49.3 Å². The van der Waals surface area contributed by atoms with Gasteiger partial charge in [0.1, 0.15) is 9.22 Å². The van der Waals surface area contributed by atoms with Crippen LogP contribution in [0, 0.1) is 5.92 Å². The molecule has 10 heteroatoms. The van der Waals surface area contributed by atoms with E-state index in [2.05, 4.69) is 39.0 Å². The summed E-state index contributed by atoms with van der Waals surface area (Å²) in [4.78, 5) is 15.8. The summed E-state index contributed by atoms with van der Waals surface area (Å²) in [6, 6.07) is 15.4. The Morgan fingerprint density at radius 2 is 1.95 bits per heavy atom. The summed E-state index contributed by atoms with van der Waals surface area (Å²) >= 11 is 2.91. The molecule has 0 amide bonds. The minimum absolute atomic E-state index is 0. The Hall–Kier alpha value is -3.05. The van der Waals surface area contributed by atoms with Gasteiger partial charge in [0, 0.05) is 48.5 Å². The first-order valence-electron chi connectivity index (χ1n) is 12.2. The van der Waals surface area contributed by atoms with Gasteiger partial charge >= 0.3 is 0 Å². The highest BCUT2D eigenvalue weighted by Crippen LogP contribution is 2.39. The number of H-pyrrole nitrogens is 1. The number of hydrogen-bond acceptors (Lipinski definition) is 7. The standard InChI is InChI=1S/C27H27N5O2S3.CH4/c1-31(16-20-5-3-11-28-14-20)18-22-15-29-27(36-22)23-13-21-6-2-7-24(26(21)30-23)32(17-19-9-10-19)37(33,34)25-8-4-12-35-25;/h2-8,11-15,19,30H,9-10,16-18H2,1H3;1H4.